The molecule has 0 radical (unpaired) electrons. The summed E-state index contributed by atoms with van der Waals surface area (Å²) < 4.78 is 5.15. The highest BCUT2D eigenvalue weighted by molar-refractivity contribution is 5.76. The SMILES string of the molecule is Cc1noc(C)c1CCC(=O)N1CCC([C@@H](O)c2ccccc2)CC1. The molecule has 1 aliphatic rings. The predicted molar refractivity (Wildman–Crippen MR) is 95.0 cm³/mol. The van der Waals surface area contributed by atoms with E-state index in [1.54, 1.807) is 0 Å². The molecule has 0 aliphatic carbocycles. The van der Waals surface area contributed by atoms with Gasteiger partial charge in [-0.1, -0.05) is 35.5 Å². The zero-order chi connectivity index (χ0) is 17.8. The topological polar surface area (TPSA) is 66.6 Å². The molecule has 1 aromatic heterocycles. The van der Waals surface area contributed by atoms with Crippen molar-refractivity contribution in [1.29, 1.82) is 0 Å². The van der Waals surface area contributed by atoms with Gasteiger partial charge in [-0.15, -0.1) is 0 Å². The third-order valence-electron chi connectivity index (χ3n) is 5.25. The summed E-state index contributed by atoms with van der Waals surface area (Å²) in [5, 5.41) is 14.5. The van der Waals surface area contributed by atoms with Gasteiger partial charge in [0.1, 0.15) is 5.76 Å². The highest BCUT2D eigenvalue weighted by Gasteiger charge is 2.28. The van der Waals surface area contributed by atoms with E-state index in [1.165, 1.54) is 0 Å². The van der Waals surface area contributed by atoms with Gasteiger partial charge in [-0.2, -0.15) is 0 Å². The Morgan fingerprint density at radius 1 is 1.28 bits per heavy atom. The maximum Gasteiger partial charge on any atom is 0.222 e. The van der Waals surface area contributed by atoms with Crippen LogP contribution in [0, 0.1) is 19.8 Å². The summed E-state index contributed by atoms with van der Waals surface area (Å²) in [6.07, 6.45) is 2.39. The molecule has 5 nitrogen and oxygen atoms in total. The highest BCUT2D eigenvalue weighted by Crippen LogP contribution is 2.30. The second kappa shape index (κ2) is 7.83. The minimum absolute atomic E-state index is 0.174. The number of aromatic nitrogens is 1. The summed E-state index contributed by atoms with van der Waals surface area (Å²) in [4.78, 5) is 14.4. The molecule has 0 unspecified atom stereocenters. The van der Waals surface area contributed by atoms with Crippen LogP contribution in [0.15, 0.2) is 34.9 Å². The molecule has 1 fully saturated rings. The van der Waals surface area contributed by atoms with Gasteiger partial charge in [0.15, 0.2) is 0 Å². The van der Waals surface area contributed by atoms with Gasteiger partial charge in [0.05, 0.1) is 11.8 Å². The smallest absolute Gasteiger partial charge is 0.222 e. The van der Waals surface area contributed by atoms with Crippen LogP contribution in [-0.4, -0.2) is 34.2 Å². The molecule has 1 amide bonds. The van der Waals surface area contributed by atoms with Gasteiger partial charge in [0.2, 0.25) is 5.91 Å². The number of rotatable bonds is 5. The zero-order valence-corrected chi connectivity index (χ0v) is 14.9. The van der Waals surface area contributed by atoms with Crippen LogP contribution in [0.25, 0.3) is 0 Å². The quantitative estimate of drug-likeness (QED) is 0.906. The fourth-order valence-corrected chi connectivity index (χ4v) is 3.64. The van der Waals surface area contributed by atoms with E-state index in [0.717, 1.165) is 48.5 Å². The van der Waals surface area contributed by atoms with Crippen molar-refractivity contribution in [2.75, 3.05) is 13.1 Å². The molecular weight excluding hydrogens is 316 g/mol. The monoisotopic (exact) mass is 342 g/mol. The molecule has 1 saturated heterocycles. The van der Waals surface area contributed by atoms with Crippen LogP contribution in [0.5, 0.6) is 0 Å². The number of hydrogen-bond acceptors (Lipinski definition) is 4. The molecule has 0 saturated carbocycles. The van der Waals surface area contributed by atoms with Crippen molar-refractivity contribution < 1.29 is 14.4 Å². The lowest BCUT2D eigenvalue weighted by atomic mass is 9.87. The number of likely N-dealkylation sites (tertiary alicyclic amines) is 1. The second-order valence-electron chi connectivity index (χ2n) is 6.88. The van der Waals surface area contributed by atoms with E-state index < -0.39 is 6.10 Å². The van der Waals surface area contributed by atoms with Crippen LogP contribution in [0.2, 0.25) is 0 Å². The van der Waals surface area contributed by atoms with Gasteiger partial charge in [0, 0.05) is 25.1 Å². The van der Waals surface area contributed by atoms with E-state index in [9.17, 15) is 9.90 Å². The van der Waals surface area contributed by atoms with E-state index in [0.29, 0.717) is 12.8 Å². The number of benzene rings is 1. The lowest BCUT2D eigenvalue weighted by Crippen LogP contribution is -2.39. The Hall–Kier alpha value is -2.14. The fourth-order valence-electron chi connectivity index (χ4n) is 3.64. The Bertz CT molecular complexity index is 683. The summed E-state index contributed by atoms with van der Waals surface area (Å²) in [6, 6.07) is 9.78. The number of carbonyl (C=O) groups is 1. The maximum absolute atomic E-state index is 12.5. The molecule has 5 heteroatoms. The number of piperidine rings is 1. The Morgan fingerprint density at radius 2 is 1.96 bits per heavy atom. The lowest BCUT2D eigenvalue weighted by Gasteiger charge is -2.34. The van der Waals surface area contributed by atoms with E-state index >= 15 is 0 Å². The van der Waals surface area contributed by atoms with E-state index in [2.05, 4.69) is 5.16 Å². The van der Waals surface area contributed by atoms with Gasteiger partial charge >= 0.3 is 0 Å². The molecule has 25 heavy (non-hydrogen) atoms. The molecule has 1 aliphatic heterocycles. The van der Waals surface area contributed by atoms with Gasteiger partial charge < -0.3 is 14.5 Å². The standard InChI is InChI=1S/C20H26N2O3/c1-14-18(15(2)25-21-14)8-9-19(23)22-12-10-17(11-13-22)20(24)16-6-4-3-5-7-16/h3-7,17,20,24H,8-13H2,1-2H3/t20-/m0/s1. The van der Waals surface area contributed by atoms with Crippen LogP contribution < -0.4 is 0 Å². The Balaban J connectivity index is 1.49. The first-order chi connectivity index (χ1) is 12.1. The summed E-state index contributed by atoms with van der Waals surface area (Å²) in [5.41, 5.74) is 2.88. The van der Waals surface area contributed by atoms with Crippen LogP contribution in [0.3, 0.4) is 0 Å². The molecule has 1 aromatic carbocycles. The number of aliphatic hydroxyl groups is 1. The third-order valence-corrected chi connectivity index (χ3v) is 5.25. The first-order valence-electron chi connectivity index (χ1n) is 8.98. The second-order valence-corrected chi connectivity index (χ2v) is 6.88. The summed E-state index contributed by atoms with van der Waals surface area (Å²) in [6.45, 7) is 5.23. The fraction of sp³-hybridized carbons (Fsp3) is 0.500. The largest absolute Gasteiger partial charge is 0.388 e. The van der Waals surface area contributed by atoms with Gasteiger partial charge in [-0.25, -0.2) is 0 Å². The minimum atomic E-state index is -0.444. The van der Waals surface area contributed by atoms with Gasteiger partial charge in [-0.3, -0.25) is 4.79 Å². The highest BCUT2D eigenvalue weighted by atomic mass is 16.5. The van der Waals surface area contributed by atoms with Crippen molar-refractivity contribution in [3.05, 3.63) is 52.9 Å². The van der Waals surface area contributed by atoms with Crippen LogP contribution in [0.4, 0.5) is 0 Å². The number of aryl methyl sites for hydroxylation is 2. The van der Waals surface area contributed by atoms with E-state index in [4.69, 9.17) is 4.52 Å². The molecule has 3 rings (SSSR count). The molecule has 2 aromatic rings. The molecule has 0 spiro atoms. The first kappa shape index (κ1) is 17.7. The van der Waals surface area contributed by atoms with Crippen molar-refractivity contribution in [3.63, 3.8) is 0 Å². The minimum Gasteiger partial charge on any atom is -0.388 e. The number of carbonyl (C=O) groups excluding carboxylic acids is 1. The summed E-state index contributed by atoms with van der Waals surface area (Å²) >= 11 is 0. The molecule has 0 bridgehead atoms. The van der Waals surface area contributed by atoms with Crippen molar-refractivity contribution in [2.45, 2.75) is 45.6 Å². The summed E-state index contributed by atoms with van der Waals surface area (Å²) in [7, 11) is 0. The van der Waals surface area contributed by atoms with E-state index in [-0.39, 0.29) is 11.8 Å². The number of hydrogen-bond donors (Lipinski definition) is 1. The van der Waals surface area contributed by atoms with E-state index in [1.807, 2.05) is 49.1 Å². The first-order valence-corrected chi connectivity index (χ1v) is 8.98. The zero-order valence-electron chi connectivity index (χ0n) is 14.9. The molecule has 134 valence electrons. The number of aliphatic hydroxyl groups excluding tert-OH is 1. The average Bonchev–Trinajstić information content (AvgIpc) is 2.98. The van der Waals surface area contributed by atoms with Gasteiger partial charge in [0.25, 0.3) is 0 Å². The number of amides is 1. The number of nitrogens with zero attached hydrogens (tertiary/aromatic N) is 2. The van der Waals surface area contributed by atoms with Gasteiger partial charge in [-0.05, 0) is 44.6 Å². The Kier molecular flexibility index (Phi) is 5.53. The van der Waals surface area contributed by atoms with Crippen molar-refractivity contribution in [1.82, 2.24) is 10.1 Å². The lowest BCUT2D eigenvalue weighted by molar-refractivity contribution is -0.133. The van der Waals surface area contributed by atoms with Crippen molar-refractivity contribution >= 4 is 5.91 Å². The molecule has 1 atom stereocenters. The molecule has 2 heterocycles. The average molecular weight is 342 g/mol. The Labute approximate surface area is 148 Å². The third kappa shape index (κ3) is 4.10. The normalized spacial score (nSPS) is 16.8. The molecular formula is C20H26N2O3. The van der Waals surface area contributed by atoms with Crippen molar-refractivity contribution in [3.8, 4) is 0 Å². The van der Waals surface area contributed by atoms with Crippen LogP contribution in [0.1, 0.15) is 47.9 Å². The molecule has 1 N–H and O–H groups in total. The van der Waals surface area contributed by atoms with Crippen LogP contribution >= 0.6 is 0 Å². The Morgan fingerprint density at radius 3 is 2.56 bits per heavy atom. The van der Waals surface area contributed by atoms with Crippen LogP contribution in [-0.2, 0) is 11.2 Å². The predicted octanol–water partition coefficient (Wildman–Crippen LogP) is 3.20. The summed E-state index contributed by atoms with van der Waals surface area (Å²) in [5.74, 6) is 1.19. The van der Waals surface area contributed by atoms with Crippen molar-refractivity contribution in [2.24, 2.45) is 5.92 Å². The maximum atomic E-state index is 12.5.